The molecule has 0 aliphatic rings. The smallest absolute Gasteiger partial charge is 0.337 e. The molecule has 0 radical (unpaired) electrons. The van der Waals surface area contributed by atoms with Crippen LogP contribution in [0, 0.1) is 0 Å². The van der Waals surface area contributed by atoms with Gasteiger partial charge >= 0.3 is 5.97 Å². The first-order chi connectivity index (χ1) is 14.8. The summed E-state index contributed by atoms with van der Waals surface area (Å²) in [5.41, 5.74) is 1.84. The number of carbonyl (C=O) groups is 1. The number of benzene rings is 3. The molecule has 0 atom stereocenters. The Morgan fingerprint density at radius 2 is 1.68 bits per heavy atom. The Morgan fingerprint density at radius 1 is 0.935 bits per heavy atom. The molecule has 3 aromatic carbocycles. The van der Waals surface area contributed by atoms with Gasteiger partial charge in [0.05, 0.1) is 16.1 Å². The van der Waals surface area contributed by atoms with Crippen molar-refractivity contribution in [3.05, 3.63) is 78.4 Å². The molecule has 4 rings (SSSR count). The third-order valence-corrected chi connectivity index (χ3v) is 5.99. The normalized spacial score (nSPS) is 11.3. The molecule has 0 fully saturated rings. The van der Waals surface area contributed by atoms with Crippen LogP contribution in [0.25, 0.3) is 22.5 Å². The van der Waals surface area contributed by atoms with E-state index in [2.05, 4.69) is 20.2 Å². The van der Waals surface area contributed by atoms with Crippen LogP contribution in [0.2, 0.25) is 0 Å². The lowest BCUT2D eigenvalue weighted by Crippen LogP contribution is -2.16. The van der Waals surface area contributed by atoms with Gasteiger partial charge in [0, 0.05) is 12.6 Å². The summed E-state index contributed by atoms with van der Waals surface area (Å²) in [6.07, 6.45) is 0. The summed E-state index contributed by atoms with van der Waals surface area (Å²) in [5.74, 6) is -0.842. The fraction of sp³-hybridized carbons (Fsp3) is 0.0476. The molecular formula is C21H17N5O4S. The number of tetrazole rings is 1. The van der Waals surface area contributed by atoms with E-state index in [4.69, 9.17) is 0 Å². The third kappa shape index (κ3) is 4.14. The van der Waals surface area contributed by atoms with Gasteiger partial charge in [0.1, 0.15) is 0 Å². The van der Waals surface area contributed by atoms with Gasteiger partial charge in [-0.3, -0.25) is 4.72 Å². The van der Waals surface area contributed by atoms with Gasteiger partial charge < -0.3 is 5.11 Å². The molecule has 0 saturated carbocycles. The molecule has 0 aliphatic carbocycles. The van der Waals surface area contributed by atoms with Crippen molar-refractivity contribution in [2.75, 3.05) is 4.72 Å². The van der Waals surface area contributed by atoms with E-state index in [1.165, 1.54) is 28.9 Å². The van der Waals surface area contributed by atoms with Gasteiger partial charge in [0.2, 0.25) is 0 Å². The molecule has 0 bridgehead atoms. The monoisotopic (exact) mass is 435 g/mol. The first-order valence-corrected chi connectivity index (χ1v) is 10.6. The predicted molar refractivity (Wildman–Crippen MR) is 114 cm³/mol. The Morgan fingerprint density at radius 3 is 2.35 bits per heavy atom. The molecule has 1 heterocycles. The maximum atomic E-state index is 13.1. The Kier molecular flexibility index (Phi) is 5.22. The van der Waals surface area contributed by atoms with Crippen LogP contribution in [0.3, 0.4) is 0 Å². The lowest BCUT2D eigenvalue weighted by molar-refractivity contribution is 0.0698. The van der Waals surface area contributed by atoms with E-state index in [9.17, 15) is 18.3 Å². The molecule has 0 aliphatic heterocycles. The zero-order chi connectivity index (χ0) is 22.0. The highest BCUT2D eigenvalue weighted by molar-refractivity contribution is 7.92. The largest absolute Gasteiger partial charge is 0.478 e. The Hall–Kier alpha value is -4.05. The summed E-state index contributed by atoms with van der Waals surface area (Å²) in [4.78, 5) is 11.6. The van der Waals surface area contributed by atoms with E-state index in [0.717, 1.165) is 5.56 Å². The lowest BCUT2D eigenvalue weighted by Gasteiger charge is -2.13. The average molecular weight is 435 g/mol. The fourth-order valence-corrected chi connectivity index (χ4v) is 4.22. The Bertz CT molecular complexity index is 1370. The highest BCUT2D eigenvalue weighted by Gasteiger charge is 2.20. The molecule has 10 heteroatoms. The number of hydrogen-bond acceptors (Lipinski definition) is 6. The van der Waals surface area contributed by atoms with Crippen molar-refractivity contribution in [2.24, 2.45) is 7.05 Å². The van der Waals surface area contributed by atoms with Crippen LogP contribution in [0.5, 0.6) is 0 Å². The number of anilines is 1. The minimum absolute atomic E-state index is 0.0282. The molecule has 0 amide bonds. The highest BCUT2D eigenvalue weighted by Crippen LogP contribution is 2.28. The van der Waals surface area contributed by atoms with Crippen molar-refractivity contribution >= 4 is 21.7 Å². The Labute approximate surface area is 178 Å². The summed E-state index contributed by atoms with van der Waals surface area (Å²) in [5, 5.41) is 20.7. The number of hydrogen-bond donors (Lipinski definition) is 2. The van der Waals surface area contributed by atoms with Crippen molar-refractivity contribution in [1.82, 2.24) is 20.2 Å². The second-order valence-electron chi connectivity index (χ2n) is 6.69. The number of carboxylic acid groups (broad SMARTS) is 1. The molecular weight excluding hydrogens is 418 g/mol. The second-order valence-corrected chi connectivity index (χ2v) is 8.37. The minimum Gasteiger partial charge on any atom is -0.478 e. The number of carboxylic acids is 1. The topological polar surface area (TPSA) is 127 Å². The van der Waals surface area contributed by atoms with E-state index in [1.807, 2.05) is 30.3 Å². The fourth-order valence-electron chi connectivity index (χ4n) is 3.11. The van der Waals surface area contributed by atoms with Crippen LogP contribution in [-0.2, 0) is 17.1 Å². The molecule has 4 aromatic rings. The summed E-state index contributed by atoms with van der Waals surface area (Å²) < 4.78 is 30.0. The molecule has 2 N–H and O–H groups in total. The van der Waals surface area contributed by atoms with Gasteiger partial charge in [-0.25, -0.2) is 17.9 Å². The van der Waals surface area contributed by atoms with E-state index in [1.54, 1.807) is 25.2 Å². The average Bonchev–Trinajstić information content (AvgIpc) is 3.20. The molecule has 1 aromatic heterocycles. The van der Waals surface area contributed by atoms with Crippen molar-refractivity contribution in [2.45, 2.75) is 4.90 Å². The van der Waals surface area contributed by atoms with Gasteiger partial charge in [-0.05, 0) is 45.8 Å². The van der Waals surface area contributed by atoms with E-state index < -0.39 is 16.0 Å². The number of nitrogens with zero attached hydrogens (tertiary/aromatic N) is 4. The summed E-state index contributed by atoms with van der Waals surface area (Å²) >= 11 is 0. The van der Waals surface area contributed by atoms with Crippen molar-refractivity contribution in [3.63, 3.8) is 0 Å². The van der Waals surface area contributed by atoms with Gasteiger partial charge in [0.25, 0.3) is 10.0 Å². The lowest BCUT2D eigenvalue weighted by atomic mass is 10.0. The zero-order valence-corrected chi connectivity index (χ0v) is 17.1. The summed E-state index contributed by atoms with van der Waals surface area (Å²) in [6, 6.07) is 19.9. The first-order valence-electron chi connectivity index (χ1n) is 9.13. The maximum Gasteiger partial charge on any atom is 0.337 e. The predicted octanol–water partition coefficient (Wildman–Crippen LogP) is 3.04. The van der Waals surface area contributed by atoms with Gasteiger partial charge in [-0.2, -0.15) is 0 Å². The SMILES string of the molecule is Cn1nnnc1-c1cccc(S(=O)(=O)Nc2cc(-c3ccccc3)ccc2C(=O)O)c1. The van der Waals surface area contributed by atoms with E-state index >= 15 is 0 Å². The first kappa shape index (κ1) is 20.2. The van der Waals surface area contributed by atoms with Crippen LogP contribution < -0.4 is 4.72 Å². The second kappa shape index (κ2) is 8.00. The highest BCUT2D eigenvalue weighted by atomic mass is 32.2. The van der Waals surface area contributed by atoms with Gasteiger partial charge in [-0.1, -0.05) is 48.5 Å². The van der Waals surface area contributed by atoms with Crippen LogP contribution in [0.1, 0.15) is 10.4 Å². The number of sulfonamides is 1. The van der Waals surface area contributed by atoms with Crippen molar-refractivity contribution in [1.29, 1.82) is 0 Å². The minimum atomic E-state index is -4.09. The van der Waals surface area contributed by atoms with Crippen LogP contribution in [0.15, 0.2) is 77.7 Å². The number of rotatable bonds is 6. The summed E-state index contributed by atoms with van der Waals surface area (Å²) in [7, 11) is -2.44. The molecule has 0 saturated heterocycles. The maximum absolute atomic E-state index is 13.1. The molecule has 9 nitrogen and oxygen atoms in total. The molecule has 31 heavy (non-hydrogen) atoms. The van der Waals surface area contributed by atoms with Crippen LogP contribution >= 0.6 is 0 Å². The van der Waals surface area contributed by atoms with Crippen molar-refractivity contribution < 1.29 is 18.3 Å². The number of aryl methyl sites for hydroxylation is 1. The molecule has 0 spiro atoms. The molecule has 156 valence electrons. The third-order valence-electron chi connectivity index (χ3n) is 4.62. The van der Waals surface area contributed by atoms with Crippen LogP contribution in [0.4, 0.5) is 5.69 Å². The van der Waals surface area contributed by atoms with Gasteiger partial charge in [0.15, 0.2) is 5.82 Å². The quantitative estimate of drug-likeness (QED) is 0.476. The standard InChI is InChI=1S/C21H17N5O4S/c1-26-20(22-24-25-26)16-8-5-9-17(12-16)31(29,30)23-19-13-15(10-11-18(19)21(27)28)14-6-3-2-4-7-14/h2-13,23H,1H3,(H,27,28). The number of aromatic carboxylic acids is 1. The molecule has 0 unspecified atom stereocenters. The van der Waals surface area contributed by atoms with E-state index in [0.29, 0.717) is 17.0 Å². The van der Waals surface area contributed by atoms with E-state index in [-0.39, 0.29) is 16.1 Å². The number of aromatic nitrogens is 4. The Balaban J connectivity index is 1.74. The van der Waals surface area contributed by atoms with Gasteiger partial charge in [-0.15, -0.1) is 5.10 Å². The number of nitrogens with one attached hydrogen (secondary N) is 1. The van der Waals surface area contributed by atoms with Crippen LogP contribution in [-0.4, -0.2) is 39.7 Å². The van der Waals surface area contributed by atoms with Crippen molar-refractivity contribution in [3.8, 4) is 22.5 Å². The summed E-state index contributed by atoms with van der Waals surface area (Å²) in [6.45, 7) is 0. The zero-order valence-electron chi connectivity index (χ0n) is 16.3.